The molecule has 230 valence electrons. The van der Waals surface area contributed by atoms with Gasteiger partial charge in [-0.3, -0.25) is 9.59 Å². The number of carbonyl (C=O) groups excluding carboxylic acids is 2. The van der Waals surface area contributed by atoms with Crippen LogP contribution in [0.4, 0.5) is 5.82 Å². The molecule has 9 nitrogen and oxygen atoms in total. The molecule has 3 atom stereocenters. The Labute approximate surface area is 258 Å². The Balaban J connectivity index is 1.20. The predicted molar refractivity (Wildman–Crippen MR) is 172 cm³/mol. The number of aliphatic hydroxyl groups is 1. The monoisotopic (exact) mass is 595 g/mol. The Kier molecular flexibility index (Phi) is 11.5. The third kappa shape index (κ3) is 9.65. The third-order valence-electron chi connectivity index (χ3n) is 7.42. The average molecular weight is 596 g/mol. The molecule has 0 radical (unpaired) electrons. The van der Waals surface area contributed by atoms with Crippen LogP contribution in [0.2, 0.25) is 0 Å². The van der Waals surface area contributed by atoms with Crippen LogP contribution in [-0.2, 0) is 24.2 Å². The molecule has 2 amide bonds. The number of amides is 2. The summed E-state index contributed by atoms with van der Waals surface area (Å²) in [6, 6.07) is 26.2. The maximum absolute atomic E-state index is 12.7. The number of methoxy groups -OCH3 is 1. The first kappa shape index (κ1) is 32.2. The van der Waals surface area contributed by atoms with Crippen molar-refractivity contribution in [2.75, 3.05) is 19.4 Å². The normalized spacial score (nSPS) is 13.0. The fourth-order valence-corrected chi connectivity index (χ4v) is 4.82. The Hall–Kier alpha value is -4.73. The van der Waals surface area contributed by atoms with E-state index in [2.05, 4.69) is 27.9 Å². The molecule has 44 heavy (non-hydrogen) atoms. The van der Waals surface area contributed by atoms with Crippen LogP contribution in [0, 0.1) is 0 Å². The van der Waals surface area contributed by atoms with Crippen molar-refractivity contribution in [3.63, 3.8) is 0 Å². The number of hydrogen-bond acceptors (Lipinski definition) is 7. The number of nitrogens with zero attached hydrogens (tertiary/aromatic N) is 1. The van der Waals surface area contributed by atoms with Crippen molar-refractivity contribution in [1.82, 2.24) is 20.9 Å². The van der Waals surface area contributed by atoms with E-state index in [0.717, 1.165) is 34.4 Å². The van der Waals surface area contributed by atoms with Gasteiger partial charge in [0.05, 0.1) is 25.7 Å². The number of ether oxygens (including phenoxy) is 1. The van der Waals surface area contributed by atoms with Crippen LogP contribution in [0.1, 0.15) is 64.2 Å². The molecule has 1 unspecified atom stereocenters. The quantitative estimate of drug-likeness (QED) is 0.147. The molecule has 3 aromatic carbocycles. The number of carbonyl (C=O) groups is 2. The number of nitrogen functional groups attached to an aromatic ring is 1. The zero-order chi connectivity index (χ0) is 31.5. The smallest absolute Gasteiger partial charge is 0.251 e. The summed E-state index contributed by atoms with van der Waals surface area (Å²) < 4.78 is 5.19. The molecule has 0 saturated carbocycles. The van der Waals surface area contributed by atoms with Crippen molar-refractivity contribution >= 4 is 17.6 Å². The number of hydrogen-bond donors (Lipinski definition) is 5. The van der Waals surface area contributed by atoms with Crippen molar-refractivity contribution < 1.29 is 19.4 Å². The van der Waals surface area contributed by atoms with E-state index < -0.39 is 6.10 Å². The molecule has 6 N–H and O–H groups in total. The number of pyridine rings is 1. The average Bonchev–Trinajstić information content (AvgIpc) is 3.03. The van der Waals surface area contributed by atoms with Crippen LogP contribution in [0.3, 0.4) is 0 Å². The lowest BCUT2D eigenvalue weighted by Crippen LogP contribution is -2.32. The summed E-state index contributed by atoms with van der Waals surface area (Å²) in [5.41, 5.74) is 10.8. The van der Waals surface area contributed by atoms with Gasteiger partial charge in [0.15, 0.2) is 0 Å². The zero-order valence-corrected chi connectivity index (χ0v) is 25.4. The van der Waals surface area contributed by atoms with Gasteiger partial charge < -0.3 is 31.5 Å². The minimum Gasteiger partial charge on any atom is -0.497 e. The molecule has 0 aliphatic rings. The predicted octanol–water partition coefficient (Wildman–Crippen LogP) is 4.28. The second-order valence-electron chi connectivity index (χ2n) is 11.0. The summed E-state index contributed by atoms with van der Waals surface area (Å²) in [5.74, 6) is 0.944. The summed E-state index contributed by atoms with van der Waals surface area (Å²) in [5, 5.41) is 19.8. The molecule has 0 saturated heterocycles. The summed E-state index contributed by atoms with van der Waals surface area (Å²) in [4.78, 5) is 29.5. The molecule has 0 aliphatic heterocycles. The molecule has 0 fully saturated rings. The van der Waals surface area contributed by atoms with Gasteiger partial charge in [-0.25, -0.2) is 4.98 Å². The van der Waals surface area contributed by atoms with Gasteiger partial charge >= 0.3 is 0 Å². The van der Waals surface area contributed by atoms with E-state index in [1.165, 1.54) is 0 Å². The van der Waals surface area contributed by atoms with Crippen molar-refractivity contribution in [2.45, 2.75) is 51.4 Å². The van der Waals surface area contributed by atoms with Gasteiger partial charge in [0.2, 0.25) is 5.91 Å². The minimum absolute atomic E-state index is 0.0799. The van der Waals surface area contributed by atoms with E-state index in [0.29, 0.717) is 30.0 Å². The first-order chi connectivity index (χ1) is 21.2. The molecule has 0 bridgehead atoms. The Bertz CT molecular complexity index is 1510. The van der Waals surface area contributed by atoms with Crippen LogP contribution in [0.5, 0.6) is 5.75 Å². The van der Waals surface area contributed by atoms with Crippen molar-refractivity contribution in [1.29, 1.82) is 0 Å². The standard InChI is InChI=1S/C35H41N5O4/c1-23(37-22-32(41)30-13-16-33(36)38-21-30)17-26-5-4-6-27(18-26)19-34(42)39-20-25-7-9-29(10-8-25)35(43)40-24(2)28-11-14-31(44-3)15-12-28/h4-16,18,21,23-24,32,37,41H,17,19-20,22H2,1-3H3,(H2,36,38)(H,39,42)(H,40,43)/t23?,24-,32-/m1/s1. The van der Waals surface area contributed by atoms with Crippen LogP contribution >= 0.6 is 0 Å². The molecule has 0 aliphatic carbocycles. The third-order valence-corrected chi connectivity index (χ3v) is 7.42. The number of nitrogens with one attached hydrogen (secondary N) is 3. The highest BCUT2D eigenvalue weighted by Crippen LogP contribution is 2.18. The molecular weight excluding hydrogens is 554 g/mol. The fraction of sp³-hybridized carbons (Fsp3) is 0.286. The number of anilines is 1. The number of rotatable bonds is 14. The summed E-state index contributed by atoms with van der Waals surface area (Å²) in [6.45, 7) is 4.76. The van der Waals surface area contributed by atoms with Gasteiger partial charge in [-0.1, -0.05) is 54.6 Å². The maximum atomic E-state index is 12.7. The Morgan fingerprint density at radius 3 is 2.30 bits per heavy atom. The fourth-order valence-electron chi connectivity index (χ4n) is 4.82. The van der Waals surface area contributed by atoms with Crippen LogP contribution in [-0.4, -0.2) is 41.6 Å². The maximum Gasteiger partial charge on any atom is 0.251 e. The van der Waals surface area contributed by atoms with E-state index in [1.807, 2.05) is 67.6 Å². The summed E-state index contributed by atoms with van der Waals surface area (Å²) in [6.07, 6.45) is 1.92. The minimum atomic E-state index is -0.678. The topological polar surface area (TPSA) is 139 Å². The van der Waals surface area contributed by atoms with E-state index in [-0.39, 0.29) is 30.3 Å². The van der Waals surface area contributed by atoms with E-state index in [1.54, 1.807) is 37.6 Å². The second-order valence-corrected chi connectivity index (χ2v) is 11.0. The van der Waals surface area contributed by atoms with Gasteiger partial charge in [0.1, 0.15) is 11.6 Å². The molecule has 0 spiro atoms. The summed E-state index contributed by atoms with van der Waals surface area (Å²) in [7, 11) is 1.62. The van der Waals surface area contributed by atoms with Crippen molar-refractivity contribution in [2.24, 2.45) is 0 Å². The number of aromatic nitrogens is 1. The molecule has 1 heterocycles. The highest BCUT2D eigenvalue weighted by molar-refractivity contribution is 5.94. The first-order valence-corrected chi connectivity index (χ1v) is 14.7. The molecule has 4 aromatic rings. The molecule has 4 rings (SSSR count). The highest BCUT2D eigenvalue weighted by atomic mass is 16.5. The zero-order valence-electron chi connectivity index (χ0n) is 25.4. The van der Waals surface area contributed by atoms with E-state index in [4.69, 9.17) is 10.5 Å². The van der Waals surface area contributed by atoms with Gasteiger partial charge in [0.25, 0.3) is 5.91 Å². The van der Waals surface area contributed by atoms with Crippen LogP contribution in [0.25, 0.3) is 0 Å². The van der Waals surface area contributed by atoms with Gasteiger partial charge in [-0.05, 0) is 72.9 Å². The van der Waals surface area contributed by atoms with E-state index >= 15 is 0 Å². The molecule has 1 aromatic heterocycles. The van der Waals surface area contributed by atoms with Crippen molar-refractivity contribution in [3.8, 4) is 5.75 Å². The molecular formula is C35H41N5O4. The summed E-state index contributed by atoms with van der Waals surface area (Å²) >= 11 is 0. The van der Waals surface area contributed by atoms with E-state index in [9.17, 15) is 14.7 Å². The number of benzene rings is 3. The lowest BCUT2D eigenvalue weighted by Gasteiger charge is -2.18. The SMILES string of the molecule is COc1ccc([C@@H](C)NC(=O)c2ccc(CNC(=O)Cc3cccc(CC(C)NC[C@@H](O)c4ccc(N)nc4)c3)cc2)cc1. The lowest BCUT2D eigenvalue weighted by molar-refractivity contribution is -0.120. The van der Waals surface area contributed by atoms with Gasteiger partial charge in [-0.2, -0.15) is 0 Å². The number of nitrogens with two attached hydrogens (primary N) is 1. The van der Waals surface area contributed by atoms with Crippen LogP contribution in [0.15, 0.2) is 91.1 Å². The number of aliphatic hydroxyl groups excluding tert-OH is 1. The Morgan fingerprint density at radius 2 is 1.61 bits per heavy atom. The van der Waals surface area contributed by atoms with Gasteiger partial charge in [-0.15, -0.1) is 0 Å². The van der Waals surface area contributed by atoms with Crippen LogP contribution < -0.4 is 26.4 Å². The lowest BCUT2D eigenvalue weighted by atomic mass is 10.0. The molecule has 9 heteroatoms. The van der Waals surface area contributed by atoms with Gasteiger partial charge in [0, 0.05) is 36.5 Å². The highest BCUT2D eigenvalue weighted by Gasteiger charge is 2.13. The largest absolute Gasteiger partial charge is 0.497 e. The second kappa shape index (κ2) is 15.7. The Morgan fingerprint density at radius 1 is 0.909 bits per heavy atom. The van der Waals surface area contributed by atoms with Crippen molar-refractivity contribution in [3.05, 3.63) is 125 Å². The first-order valence-electron chi connectivity index (χ1n) is 14.7.